The fraction of sp³-hybridized carbons (Fsp3) is 0.333. The van der Waals surface area contributed by atoms with Crippen LogP contribution in [0.25, 0.3) is 0 Å². The Balaban J connectivity index is 1.81. The first-order valence-electron chi connectivity index (χ1n) is 5.33. The molecular weight excluding hydrogens is 382 g/mol. The van der Waals surface area contributed by atoms with Crippen LogP contribution in [0.1, 0.15) is 17.4 Å². The average molecular weight is 395 g/mol. The standard InChI is InChI=1S/C12H13Br2NS2/c1-8(4-9-2-3-16-7-9)15-6-10-5-11(13)12(14)17-10/h2-3,5,7-8,15H,4,6H2,1H3. The maximum atomic E-state index is 3.55. The van der Waals surface area contributed by atoms with Gasteiger partial charge in [-0.2, -0.15) is 11.3 Å². The van der Waals surface area contributed by atoms with E-state index in [4.69, 9.17) is 0 Å². The predicted octanol–water partition coefficient (Wildman–Crippen LogP) is 5.06. The summed E-state index contributed by atoms with van der Waals surface area (Å²) in [7, 11) is 0. The molecule has 0 amide bonds. The summed E-state index contributed by atoms with van der Waals surface area (Å²) in [6.45, 7) is 3.16. The minimum absolute atomic E-state index is 0.504. The Kier molecular flexibility index (Phi) is 5.24. The van der Waals surface area contributed by atoms with E-state index in [1.807, 2.05) is 0 Å². The highest BCUT2D eigenvalue weighted by Crippen LogP contribution is 2.32. The molecule has 0 aromatic carbocycles. The van der Waals surface area contributed by atoms with Crippen LogP contribution >= 0.6 is 54.5 Å². The maximum Gasteiger partial charge on any atom is 0.0843 e. The molecule has 0 saturated heterocycles. The van der Waals surface area contributed by atoms with E-state index in [1.165, 1.54) is 14.2 Å². The van der Waals surface area contributed by atoms with Crippen LogP contribution < -0.4 is 5.32 Å². The fourth-order valence-electron chi connectivity index (χ4n) is 1.59. The molecule has 92 valence electrons. The second-order valence-corrected chi connectivity index (χ2v) is 8.04. The topological polar surface area (TPSA) is 12.0 Å². The van der Waals surface area contributed by atoms with Gasteiger partial charge in [0.2, 0.25) is 0 Å². The minimum atomic E-state index is 0.504. The van der Waals surface area contributed by atoms with Crippen molar-refractivity contribution in [2.24, 2.45) is 0 Å². The zero-order chi connectivity index (χ0) is 12.3. The Morgan fingerprint density at radius 2 is 2.24 bits per heavy atom. The van der Waals surface area contributed by atoms with Crippen LogP contribution in [-0.2, 0) is 13.0 Å². The van der Waals surface area contributed by atoms with Crippen molar-refractivity contribution < 1.29 is 0 Å². The van der Waals surface area contributed by atoms with E-state index < -0.39 is 0 Å². The molecule has 0 bridgehead atoms. The molecule has 2 heterocycles. The second kappa shape index (κ2) is 6.48. The van der Waals surface area contributed by atoms with Crippen molar-refractivity contribution in [3.63, 3.8) is 0 Å². The first kappa shape index (κ1) is 13.7. The molecule has 0 radical (unpaired) electrons. The normalized spacial score (nSPS) is 12.9. The molecule has 0 saturated carbocycles. The largest absolute Gasteiger partial charge is 0.309 e. The third kappa shape index (κ3) is 4.17. The molecule has 1 N–H and O–H groups in total. The fourth-order valence-corrected chi connectivity index (χ4v) is 4.40. The first-order valence-corrected chi connectivity index (χ1v) is 8.68. The number of hydrogen-bond acceptors (Lipinski definition) is 3. The van der Waals surface area contributed by atoms with Gasteiger partial charge >= 0.3 is 0 Å². The Morgan fingerprint density at radius 1 is 1.41 bits per heavy atom. The van der Waals surface area contributed by atoms with Crippen molar-refractivity contribution in [3.05, 3.63) is 41.6 Å². The summed E-state index contributed by atoms with van der Waals surface area (Å²) < 4.78 is 2.31. The first-order chi connectivity index (χ1) is 8.15. The summed E-state index contributed by atoms with van der Waals surface area (Å²) in [5.74, 6) is 0. The molecule has 1 nitrogen and oxygen atoms in total. The summed E-state index contributed by atoms with van der Waals surface area (Å²) >= 11 is 10.6. The SMILES string of the molecule is CC(Cc1ccsc1)NCc1cc(Br)c(Br)s1. The van der Waals surface area contributed by atoms with Gasteiger partial charge in [-0.15, -0.1) is 11.3 Å². The van der Waals surface area contributed by atoms with E-state index in [-0.39, 0.29) is 0 Å². The molecule has 17 heavy (non-hydrogen) atoms. The highest BCUT2D eigenvalue weighted by Gasteiger charge is 2.07. The van der Waals surface area contributed by atoms with E-state index in [9.17, 15) is 0 Å². The van der Waals surface area contributed by atoms with Gasteiger partial charge in [0, 0.05) is 21.9 Å². The second-order valence-electron chi connectivity index (χ2n) is 3.95. The van der Waals surface area contributed by atoms with Crippen molar-refractivity contribution in [1.29, 1.82) is 0 Å². The van der Waals surface area contributed by atoms with Gasteiger partial charge < -0.3 is 5.32 Å². The van der Waals surface area contributed by atoms with E-state index in [2.05, 4.69) is 67.0 Å². The van der Waals surface area contributed by atoms with E-state index >= 15 is 0 Å². The average Bonchev–Trinajstić information content (AvgIpc) is 2.87. The molecule has 1 unspecified atom stereocenters. The van der Waals surface area contributed by atoms with Gasteiger partial charge in [0.1, 0.15) is 0 Å². The van der Waals surface area contributed by atoms with Crippen LogP contribution in [0.3, 0.4) is 0 Å². The quantitative estimate of drug-likeness (QED) is 0.747. The molecule has 2 aromatic rings. The van der Waals surface area contributed by atoms with Crippen molar-refractivity contribution in [2.45, 2.75) is 25.9 Å². The number of thiophene rings is 2. The van der Waals surface area contributed by atoms with Crippen LogP contribution in [0.4, 0.5) is 0 Å². The third-order valence-corrected chi connectivity index (χ3v) is 6.43. The summed E-state index contributed by atoms with van der Waals surface area (Å²) in [6, 6.07) is 4.87. The van der Waals surface area contributed by atoms with E-state index in [0.29, 0.717) is 6.04 Å². The minimum Gasteiger partial charge on any atom is -0.309 e. The van der Waals surface area contributed by atoms with Gasteiger partial charge in [0.15, 0.2) is 0 Å². The Bertz CT molecular complexity index is 445. The molecule has 0 aliphatic carbocycles. The lowest BCUT2D eigenvalue weighted by Crippen LogP contribution is -2.26. The lowest BCUT2D eigenvalue weighted by atomic mass is 10.1. The number of halogens is 2. The molecule has 5 heteroatoms. The Hall–Kier alpha value is 0.320. The van der Waals surface area contributed by atoms with Crippen LogP contribution in [0.15, 0.2) is 31.2 Å². The smallest absolute Gasteiger partial charge is 0.0843 e. The van der Waals surface area contributed by atoms with Crippen molar-refractivity contribution >= 4 is 54.5 Å². The third-order valence-electron chi connectivity index (χ3n) is 2.44. The van der Waals surface area contributed by atoms with Crippen LogP contribution in [0.5, 0.6) is 0 Å². The summed E-state index contributed by atoms with van der Waals surface area (Å²) in [5, 5.41) is 7.90. The maximum absolute atomic E-state index is 3.55. The highest BCUT2D eigenvalue weighted by atomic mass is 79.9. The molecular formula is C12H13Br2NS2. The van der Waals surface area contributed by atoms with E-state index in [0.717, 1.165) is 17.4 Å². The number of rotatable bonds is 5. The Labute approximate surface area is 127 Å². The number of nitrogens with one attached hydrogen (secondary N) is 1. The van der Waals surface area contributed by atoms with Crippen LogP contribution in [0, 0.1) is 0 Å². The molecule has 2 rings (SSSR count). The van der Waals surface area contributed by atoms with Gasteiger partial charge in [-0.3, -0.25) is 0 Å². The monoisotopic (exact) mass is 393 g/mol. The van der Waals surface area contributed by atoms with Gasteiger partial charge in [-0.05, 0) is 73.7 Å². The molecule has 0 aliphatic heterocycles. The highest BCUT2D eigenvalue weighted by molar-refractivity contribution is 9.13. The summed E-state index contributed by atoms with van der Waals surface area (Å²) in [5.41, 5.74) is 1.42. The molecule has 1 atom stereocenters. The zero-order valence-corrected chi connectivity index (χ0v) is 14.2. The molecule has 0 fully saturated rings. The predicted molar refractivity (Wildman–Crippen MR) is 84.0 cm³/mol. The van der Waals surface area contributed by atoms with Crippen molar-refractivity contribution in [2.75, 3.05) is 0 Å². The van der Waals surface area contributed by atoms with Gasteiger partial charge in [-0.1, -0.05) is 0 Å². The van der Waals surface area contributed by atoms with E-state index in [1.54, 1.807) is 22.7 Å². The zero-order valence-electron chi connectivity index (χ0n) is 9.37. The van der Waals surface area contributed by atoms with Gasteiger partial charge in [0.05, 0.1) is 3.79 Å². The molecule has 2 aromatic heterocycles. The number of hydrogen-bond donors (Lipinski definition) is 1. The summed E-state index contributed by atoms with van der Waals surface area (Å²) in [4.78, 5) is 1.35. The van der Waals surface area contributed by atoms with Crippen molar-refractivity contribution in [3.8, 4) is 0 Å². The Morgan fingerprint density at radius 3 is 2.82 bits per heavy atom. The van der Waals surface area contributed by atoms with Crippen molar-refractivity contribution in [1.82, 2.24) is 5.32 Å². The molecule has 0 spiro atoms. The summed E-state index contributed by atoms with van der Waals surface area (Å²) in [6.07, 6.45) is 1.09. The lowest BCUT2D eigenvalue weighted by molar-refractivity contribution is 0.549. The van der Waals surface area contributed by atoms with Crippen LogP contribution in [0.2, 0.25) is 0 Å². The lowest BCUT2D eigenvalue weighted by Gasteiger charge is -2.11. The van der Waals surface area contributed by atoms with Crippen LogP contribution in [-0.4, -0.2) is 6.04 Å². The van der Waals surface area contributed by atoms with Gasteiger partial charge in [-0.25, -0.2) is 0 Å². The molecule has 0 aliphatic rings. The van der Waals surface area contributed by atoms with Gasteiger partial charge in [0.25, 0.3) is 0 Å².